The minimum atomic E-state index is -4.06. The van der Waals surface area contributed by atoms with Gasteiger partial charge in [0.15, 0.2) is 0 Å². The van der Waals surface area contributed by atoms with Crippen molar-refractivity contribution >= 4 is 22.0 Å². The molecule has 0 aliphatic rings. The Kier molecular flexibility index (Phi) is 6.69. The number of nitrogens with zero attached hydrogens (tertiary/aromatic N) is 1. The Balaban J connectivity index is 3.49. The van der Waals surface area contributed by atoms with Gasteiger partial charge in [0.25, 0.3) is 0 Å². The van der Waals surface area contributed by atoms with E-state index in [1.165, 1.54) is 26.3 Å². The molecule has 0 heterocycles. The van der Waals surface area contributed by atoms with Crippen LogP contribution in [0.1, 0.15) is 34.6 Å². The van der Waals surface area contributed by atoms with Gasteiger partial charge < -0.3 is 15.2 Å². The van der Waals surface area contributed by atoms with E-state index in [-0.39, 0.29) is 29.1 Å². The topological polar surface area (TPSA) is 116 Å². The van der Waals surface area contributed by atoms with Crippen LogP contribution in [0.2, 0.25) is 0 Å². The van der Waals surface area contributed by atoms with Crippen molar-refractivity contribution in [1.82, 2.24) is 4.31 Å². The third kappa shape index (κ3) is 4.77. The van der Waals surface area contributed by atoms with Crippen LogP contribution in [0.3, 0.4) is 0 Å². The van der Waals surface area contributed by atoms with Crippen LogP contribution < -0.4 is 5.73 Å². The Morgan fingerprint density at radius 2 is 1.72 bits per heavy atom. The molecule has 0 aliphatic heterocycles. The fourth-order valence-electron chi connectivity index (χ4n) is 2.18. The van der Waals surface area contributed by atoms with Crippen molar-refractivity contribution in [3.63, 3.8) is 0 Å². The van der Waals surface area contributed by atoms with Crippen LogP contribution in [0.5, 0.6) is 0 Å². The van der Waals surface area contributed by atoms with Crippen LogP contribution in [-0.2, 0) is 19.5 Å². The van der Waals surface area contributed by atoms with Gasteiger partial charge in [0.2, 0.25) is 10.0 Å². The molecule has 8 nitrogen and oxygen atoms in total. The predicted molar refractivity (Wildman–Crippen MR) is 91.8 cm³/mol. The van der Waals surface area contributed by atoms with Crippen molar-refractivity contribution in [2.75, 3.05) is 34.4 Å². The Hall–Kier alpha value is -1.97. The third-order valence-corrected chi connectivity index (χ3v) is 5.54. The molecule has 0 fully saturated rings. The van der Waals surface area contributed by atoms with Crippen molar-refractivity contribution in [2.24, 2.45) is 11.1 Å². The van der Waals surface area contributed by atoms with Crippen LogP contribution >= 0.6 is 0 Å². The number of nitrogens with two attached hydrogens (primary N) is 1. The number of ether oxygens (including phenoxy) is 2. The van der Waals surface area contributed by atoms with E-state index in [0.717, 1.165) is 17.5 Å². The SMILES string of the molecule is COC(=O)c1ccc(C(=O)OC)c(S(=O)(=O)N(C)CC(C)(C)CN)c1. The minimum absolute atomic E-state index is 0.0141. The average Bonchev–Trinajstić information content (AvgIpc) is 2.59. The summed E-state index contributed by atoms with van der Waals surface area (Å²) >= 11 is 0. The first kappa shape index (κ1) is 21.1. The fraction of sp³-hybridized carbons (Fsp3) is 0.500. The first-order valence-electron chi connectivity index (χ1n) is 7.47. The van der Waals surface area contributed by atoms with Gasteiger partial charge in [-0.15, -0.1) is 0 Å². The number of methoxy groups -OCH3 is 2. The number of hydrogen-bond donors (Lipinski definition) is 1. The molecule has 0 saturated carbocycles. The maximum atomic E-state index is 13.0. The largest absolute Gasteiger partial charge is 0.465 e. The molecule has 0 bridgehead atoms. The molecule has 0 radical (unpaired) electrons. The summed E-state index contributed by atoms with van der Waals surface area (Å²) in [7, 11) is -0.347. The van der Waals surface area contributed by atoms with Gasteiger partial charge in [0.1, 0.15) is 0 Å². The minimum Gasteiger partial charge on any atom is -0.465 e. The lowest BCUT2D eigenvalue weighted by Gasteiger charge is -2.29. The summed E-state index contributed by atoms with van der Waals surface area (Å²) < 4.78 is 36.3. The molecule has 0 unspecified atom stereocenters. The number of hydrogen-bond acceptors (Lipinski definition) is 7. The maximum Gasteiger partial charge on any atom is 0.339 e. The normalized spacial score (nSPS) is 12.1. The number of esters is 2. The van der Waals surface area contributed by atoms with Crippen molar-refractivity contribution in [2.45, 2.75) is 18.7 Å². The van der Waals surface area contributed by atoms with E-state index in [1.54, 1.807) is 0 Å². The second-order valence-corrected chi connectivity index (χ2v) is 8.34. The molecule has 0 saturated heterocycles. The van der Waals surface area contributed by atoms with Crippen LogP contribution in [0.4, 0.5) is 0 Å². The lowest BCUT2D eigenvalue weighted by atomic mass is 9.94. The molecule has 1 rings (SSSR count). The molecular weight excluding hydrogens is 348 g/mol. The molecule has 0 spiro atoms. The zero-order chi connectivity index (χ0) is 19.4. The van der Waals surface area contributed by atoms with E-state index in [9.17, 15) is 18.0 Å². The number of carbonyl (C=O) groups excluding carboxylic acids is 2. The third-order valence-electron chi connectivity index (χ3n) is 3.70. The smallest absolute Gasteiger partial charge is 0.339 e. The predicted octanol–water partition coefficient (Wildman–Crippen LogP) is 0.865. The van der Waals surface area contributed by atoms with Crippen LogP contribution in [0, 0.1) is 5.41 Å². The van der Waals surface area contributed by atoms with Gasteiger partial charge in [-0.05, 0) is 30.2 Å². The van der Waals surface area contributed by atoms with Crippen LogP contribution in [0.15, 0.2) is 23.1 Å². The highest BCUT2D eigenvalue weighted by atomic mass is 32.2. The zero-order valence-electron chi connectivity index (χ0n) is 15.0. The Labute approximate surface area is 147 Å². The van der Waals surface area contributed by atoms with Gasteiger partial charge in [0.05, 0.1) is 30.2 Å². The van der Waals surface area contributed by atoms with E-state index in [2.05, 4.69) is 9.47 Å². The fourth-order valence-corrected chi connectivity index (χ4v) is 3.74. The van der Waals surface area contributed by atoms with Crippen molar-refractivity contribution in [3.05, 3.63) is 29.3 Å². The maximum absolute atomic E-state index is 13.0. The lowest BCUT2D eigenvalue weighted by Crippen LogP contribution is -2.40. The Bertz CT molecular complexity index is 758. The van der Waals surface area contributed by atoms with Gasteiger partial charge in [-0.1, -0.05) is 13.8 Å². The van der Waals surface area contributed by atoms with Gasteiger partial charge in [-0.3, -0.25) is 0 Å². The summed E-state index contributed by atoms with van der Waals surface area (Å²) in [5.74, 6) is -1.53. The second-order valence-electron chi connectivity index (χ2n) is 6.32. The number of carbonyl (C=O) groups is 2. The Morgan fingerprint density at radius 1 is 1.16 bits per heavy atom. The first-order chi connectivity index (χ1) is 11.5. The monoisotopic (exact) mass is 372 g/mol. The molecule has 1 aromatic carbocycles. The molecule has 0 amide bonds. The highest BCUT2D eigenvalue weighted by Gasteiger charge is 2.31. The molecule has 0 aromatic heterocycles. The molecule has 9 heteroatoms. The van der Waals surface area contributed by atoms with Crippen LogP contribution in [-0.4, -0.2) is 59.0 Å². The highest BCUT2D eigenvalue weighted by Crippen LogP contribution is 2.25. The summed E-state index contributed by atoms with van der Waals surface area (Å²) in [6.45, 7) is 4.06. The molecule has 1 aromatic rings. The van der Waals surface area contributed by atoms with E-state index >= 15 is 0 Å². The summed E-state index contributed by atoms with van der Waals surface area (Å²) in [5, 5.41) is 0. The van der Waals surface area contributed by atoms with Crippen molar-refractivity contribution in [3.8, 4) is 0 Å². The summed E-state index contributed by atoms with van der Waals surface area (Å²) in [4.78, 5) is 23.4. The van der Waals surface area contributed by atoms with Gasteiger partial charge in [-0.25, -0.2) is 22.3 Å². The van der Waals surface area contributed by atoms with Crippen LogP contribution in [0.25, 0.3) is 0 Å². The van der Waals surface area contributed by atoms with Crippen molar-refractivity contribution in [1.29, 1.82) is 0 Å². The molecule has 0 atom stereocenters. The average molecular weight is 372 g/mol. The zero-order valence-corrected chi connectivity index (χ0v) is 15.8. The molecule has 140 valence electrons. The second kappa shape index (κ2) is 7.94. The number of rotatable bonds is 7. The van der Waals surface area contributed by atoms with Crippen molar-refractivity contribution < 1.29 is 27.5 Å². The number of sulfonamides is 1. The van der Waals surface area contributed by atoms with E-state index in [4.69, 9.17) is 5.73 Å². The van der Waals surface area contributed by atoms with E-state index < -0.39 is 27.4 Å². The van der Waals surface area contributed by atoms with E-state index in [0.29, 0.717) is 0 Å². The first-order valence-corrected chi connectivity index (χ1v) is 8.91. The quantitative estimate of drug-likeness (QED) is 0.706. The highest BCUT2D eigenvalue weighted by molar-refractivity contribution is 7.89. The molecule has 25 heavy (non-hydrogen) atoms. The van der Waals surface area contributed by atoms with E-state index in [1.807, 2.05) is 13.8 Å². The van der Waals surface area contributed by atoms with Gasteiger partial charge >= 0.3 is 11.9 Å². The Morgan fingerprint density at radius 3 is 2.20 bits per heavy atom. The van der Waals surface area contributed by atoms with Gasteiger partial charge in [-0.2, -0.15) is 0 Å². The summed E-state index contributed by atoms with van der Waals surface area (Å²) in [5.41, 5.74) is 5.05. The lowest BCUT2D eigenvalue weighted by molar-refractivity contribution is 0.0583. The molecule has 0 aliphatic carbocycles. The van der Waals surface area contributed by atoms with Gasteiger partial charge in [0, 0.05) is 13.6 Å². The summed E-state index contributed by atoms with van der Waals surface area (Å²) in [6, 6.07) is 3.65. The molecule has 2 N–H and O–H groups in total. The number of benzene rings is 1. The summed E-state index contributed by atoms with van der Waals surface area (Å²) in [6.07, 6.45) is 0. The standard InChI is InChI=1S/C16H24N2O6S/c1-16(2,9-17)10-18(3)25(21,22)13-8-11(14(19)23-4)6-7-12(13)15(20)24-5/h6-8H,9-10,17H2,1-5H3. The molecular formula is C16H24N2O6S.